The number of hydrogen-bond donors (Lipinski definition) is 0. The van der Waals surface area contributed by atoms with E-state index in [-0.39, 0.29) is 11.8 Å². The van der Waals surface area contributed by atoms with E-state index in [1.54, 1.807) is 6.26 Å². The van der Waals surface area contributed by atoms with E-state index < -0.39 is 0 Å². The summed E-state index contributed by atoms with van der Waals surface area (Å²) in [6, 6.07) is 3.90. The van der Waals surface area contributed by atoms with Crippen LogP contribution in [-0.2, 0) is 30.7 Å². The van der Waals surface area contributed by atoms with Gasteiger partial charge in [-0.2, -0.15) is 0 Å². The summed E-state index contributed by atoms with van der Waals surface area (Å²) >= 11 is 0. The fourth-order valence-electron chi connectivity index (χ4n) is 4.21. The lowest BCUT2D eigenvalue weighted by atomic mass is 9.95. The summed E-state index contributed by atoms with van der Waals surface area (Å²) < 4.78 is 10.9. The standard InChI is InChI=1S/C20H27N3O3/c1-22(14-18-17-8-2-3-9-19(17)26-21-18)20(24)15-6-4-10-23(12-15)13-16-7-5-11-25-16/h5,7,11,15H,2-4,6,8-10,12-14H2,1H3/t15-/m1/s1. The van der Waals surface area contributed by atoms with Gasteiger partial charge in [-0.05, 0) is 50.8 Å². The first kappa shape index (κ1) is 17.3. The molecule has 140 valence electrons. The van der Waals surface area contributed by atoms with Crippen LogP contribution in [0.2, 0.25) is 0 Å². The highest BCUT2D eigenvalue weighted by Crippen LogP contribution is 2.26. The van der Waals surface area contributed by atoms with Crippen molar-refractivity contribution < 1.29 is 13.7 Å². The van der Waals surface area contributed by atoms with Crippen LogP contribution >= 0.6 is 0 Å². The third-order valence-electron chi connectivity index (χ3n) is 5.61. The minimum Gasteiger partial charge on any atom is -0.468 e. The average molecular weight is 357 g/mol. The second kappa shape index (κ2) is 7.66. The first-order chi connectivity index (χ1) is 12.7. The van der Waals surface area contributed by atoms with Crippen LogP contribution in [0.4, 0.5) is 0 Å². The largest absolute Gasteiger partial charge is 0.468 e. The Kier molecular flexibility index (Phi) is 5.11. The van der Waals surface area contributed by atoms with E-state index in [1.807, 2.05) is 24.1 Å². The van der Waals surface area contributed by atoms with Crippen LogP contribution in [0.1, 0.15) is 48.5 Å². The second-order valence-corrected chi connectivity index (χ2v) is 7.59. The number of furan rings is 1. The molecule has 1 aliphatic heterocycles. The van der Waals surface area contributed by atoms with E-state index in [4.69, 9.17) is 8.94 Å². The molecule has 2 aromatic heterocycles. The monoisotopic (exact) mass is 357 g/mol. The van der Waals surface area contributed by atoms with E-state index in [2.05, 4.69) is 10.1 Å². The first-order valence-electron chi connectivity index (χ1n) is 9.66. The maximum Gasteiger partial charge on any atom is 0.227 e. The molecule has 26 heavy (non-hydrogen) atoms. The van der Waals surface area contributed by atoms with Gasteiger partial charge in [-0.1, -0.05) is 5.16 Å². The number of hydrogen-bond acceptors (Lipinski definition) is 5. The molecule has 1 saturated heterocycles. The minimum absolute atomic E-state index is 0.0476. The van der Waals surface area contributed by atoms with Crippen molar-refractivity contribution in [2.24, 2.45) is 5.92 Å². The number of piperidine rings is 1. The Balaban J connectivity index is 1.36. The Morgan fingerprint density at radius 2 is 2.23 bits per heavy atom. The fraction of sp³-hybridized carbons (Fsp3) is 0.600. The summed E-state index contributed by atoms with van der Waals surface area (Å²) in [4.78, 5) is 17.1. The van der Waals surface area contributed by atoms with E-state index in [9.17, 15) is 4.79 Å². The van der Waals surface area contributed by atoms with Crippen molar-refractivity contribution >= 4 is 5.91 Å². The van der Waals surface area contributed by atoms with Crippen LogP contribution in [0, 0.1) is 5.92 Å². The summed E-state index contributed by atoms with van der Waals surface area (Å²) in [5, 5.41) is 4.24. The van der Waals surface area contributed by atoms with Crippen molar-refractivity contribution in [1.82, 2.24) is 15.0 Å². The first-order valence-corrected chi connectivity index (χ1v) is 9.66. The lowest BCUT2D eigenvalue weighted by Crippen LogP contribution is -2.43. The third kappa shape index (κ3) is 3.70. The maximum atomic E-state index is 13.0. The van der Waals surface area contributed by atoms with Gasteiger partial charge >= 0.3 is 0 Å². The van der Waals surface area contributed by atoms with Crippen molar-refractivity contribution in [3.63, 3.8) is 0 Å². The molecule has 0 saturated carbocycles. The molecule has 0 N–H and O–H groups in total. The van der Waals surface area contributed by atoms with Crippen LogP contribution in [0.15, 0.2) is 27.3 Å². The molecular formula is C20H27N3O3. The molecule has 6 nitrogen and oxygen atoms in total. The lowest BCUT2D eigenvalue weighted by molar-refractivity contribution is -0.136. The molecule has 3 heterocycles. The number of fused-ring (bicyclic) bond motifs is 1. The van der Waals surface area contributed by atoms with Crippen LogP contribution in [0.5, 0.6) is 0 Å². The molecule has 2 aromatic rings. The van der Waals surface area contributed by atoms with Crippen molar-refractivity contribution in [2.45, 2.75) is 51.6 Å². The SMILES string of the molecule is CN(Cc1noc2c1CCCC2)C(=O)[C@@H]1CCCN(Cc2ccco2)C1. The Bertz CT molecular complexity index is 738. The van der Waals surface area contributed by atoms with Crippen LogP contribution in [0.3, 0.4) is 0 Å². The summed E-state index contributed by atoms with van der Waals surface area (Å²) in [5.74, 6) is 2.24. The van der Waals surface area contributed by atoms with Gasteiger partial charge in [-0.15, -0.1) is 0 Å². The normalized spacial score (nSPS) is 20.7. The van der Waals surface area contributed by atoms with E-state index in [0.717, 1.165) is 62.5 Å². The molecule has 6 heteroatoms. The third-order valence-corrected chi connectivity index (χ3v) is 5.61. The predicted octanol–water partition coefficient (Wildman–Crippen LogP) is 3.02. The van der Waals surface area contributed by atoms with Gasteiger partial charge in [0, 0.05) is 25.6 Å². The van der Waals surface area contributed by atoms with Crippen LogP contribution < -0.4 is 0 Å². The zero-order valence-electron chi connectivity index (χ0n) is 15.4. The van der Waals surface area contributed by atoms with Crippen molar-refractivity contribution in [2.75, 3.05) is 20.1 Å². The number of rotatable bonds is 5. The Morgan fingerprint density at radius 3 is 3.08 bits per heavy atom. The highest BCUT2D eigenvalue weighted by Gasteiger charge is 2.29. The van der Waals surface area contributed by atoms with Crippen LogP contribution in [0.25, 0.3) is 0 Å². The van der Waals surface area contributed by atoms with E-state index >= 15 is 0 Å². The van der Waals surface area contributed by atoms with Crippen molar-refractivity contribution in [1.29, 1.82) is 0 Å². The van der Waals surface area contributed by atoms with Gasteiger partial charge in [0.15, 0.2) is 0 Å². The molecule has 2 aliphatic rings. The number of aryl methyl sites for hydroxylation is 1. The smallest absolute Gasteiger partial charge is 0.227 e. The lowest BCUT2D eigenvalue weighted by Gasteiger charge is -2.33. The summed E-state index contributed by atoms with van der Waals surface area (Å²) in [7, 11) is 1.89. The van der Waals surface area contributed by atoms with Gasteiger partial charge in [-0.3, -0.25) is 9.69 Å². The van der Waals surface area contributed by atoms with Crippen molar-refractivity contribution in [3.05, 3.63) is 41.2 Å². The number of aromatic nitrogens is 1. The van der Waals surface area contributed by atoms with E-state index in [1.165, 1.54) is 18.4 Å². The quantitative estimate of drug-likeness (QED) is 0.823. The number of carbonyl (C=O) groups is 1. The molecular weight excluding hydrogens is 330 g/mol. The summed E-state index contributed by atoms with van der Waals surface area (Å²) in [6.07, 6.45) is 8.06. The van der Waals surface area contributed by atoms with Crippen molar-refractivity contribution in [3.8, 4) is 0 Å². The minimum atomic E-state index is 0.0476. The predicted molar refractivity (Wildman–Crippen MR) is 96.3 cm³/mol. The van der Waals surface area contributed by atoms with Gasteiger partial charge in [0.1, 0.15) is 17.2 Å². The molecule has 1 amide bonds. The fourth-order valence-corrected chi connectivity index (χ4v) is 4.21. The zero-order chi connectivity index (χ0) is 17.9. The molecule has 1 fully saturated rings. The molecule has 0 spiro atoms. The Morgan fingerprint density at radius 1 is 1.35 bits per heavy atom. The molecule has 0 unspecified atom stereocenters. The number of carbonyl (C=O) groups excluding carboxylic acids is 1. The molecule has 1 aliphatic carbocycles. The number of likely N-dealkylation sites (tertiary alicyclic amines) is 1. The van der Waals surface area contributed by atoms with Gasteiger partial charge in [0.2, 0.25) is 5.91 Å². The van der Waals surface area contributed by atoms with Gasteiger partial charge in [0.25, 0.3) is 0 Å². The Hall–Kier alpha value is -2.08. The van der Waals surface area contributed by atoms with Gasteiger partial charge < -0.3 is 13.8 Å². The topological polar surface area (TPSA) is 62.7 Å². The van der Waals surface area contributed by atoms with Crippen LogP contribution in [-0.4, -0.2) is 41.0 Å². The second-order valence-electron chi connectivity index (χ2n) is 7.59. The highest BCUT2D eigenvalue weighted by atomic mass is 16.5. The number of nitrogens with zero attached hydrogens (tertiary/aromatic N) is 3. The molecule has 0 bridgehead atoms. The summed E-state index contributed by atoms with van der Waals surface area (Å²) in [6.45, 7) is 3.13. The highest BCUT2D eigenvalue weighted by molar-refractivity contribution is 5.78. The molecule has 4 rings (SSSR count). The Labute approximate surface area is 154 Å². The molecule has 0 radical (unpaired) electrons. The van der Waals surface area contributed by atoms with E-state index in [0.29, 0.717) is 6.54 Å². The average Bonchev–Trinajstić information content (AvgIpc) is 3.32. The van der Waals surface area contributed by atoms with Gasteiger partial charge in [-0.25, -0.2) is 0 Å². The zero-order valence-corrected chi connectivity index (χ0v) is 15.4. The maximum absolute atomic E-state index is 13.0. The molecule has 0 aromatic carbocycles. The summed E-state index contributed by atoms with van der Waals surface area (Å²) in [5.41, 5.74) is 2.18. The molecule has 1 atom stereocenters. The van der Waals surface area contributed by atoms with Gasteiger partial charge in [0.05, 0.1) is 25.3 Å². The number of amides is 1.